The monoisotopic (exact) mass is 368 g/mol. The highest BCUT2D eigenvalue weighted by Gasteiger charge is 2.11. The van der Waals surface area contributed by atoms with Crippen LogP contribution in [0.1, 0.15) is 22.8 Å². The van der Waals surface area contributed by atoms with Gasteiger partial charge in [-0.3, -0.25) is 4.90 Å². The van der Waals surface area contributed by atoms with Crippen LogP contribution < -0.4 is 15.2 Å². The zero-order chi connectivity index (χ0) is 19.1. The van der Waals surface area contributed by atoms with Crippen molar-refractivity contribution >= 4 is 0 Å². The van der Waals surface area contributed by atoms with Gasteiger partial charge in [0.1, 0.15) is 6.61 Å². The van der Waals surface area contributed by atoms with Crippen molar-refractivity contribution in [1.29, 1.82) is 0 Å². The number of hydrogen-bond donors (Lipinski definition) is 1. The summed E-state index contributed by atoms with van der Waals surface area (Å²) >= 11 is 0. The van der Waals surface area contributed by atoms with Gasteiger partial charge in [-0.05, 0) is 30.3 Å². The smallest absolute Gasteiger partial charge is 0.240 e. The summed E-state index contributed by atoms with van der Waals surface area (Å²) in [5.41, 5.74) is 7.70. The van der Waals surface area contributed by atoms with Crippen molar-refractivity contribution < 1.29 is 14.0 Å². The molecule has 0 aliphatic heterocycles. The van der Waals surface area contributed by atoms with Crippen LogP contribution in [0.3, 0.4) is 0 Å². The van der Waals surface area contributed by atoms with Gasteiger partial charge in [0.15, 0.2) is 17.3 Å². The van der Waals surface area contributed by atoms with Gasteiger partial charge in [0.2, 0.25) is 5.89 Å². The Kier molecular flexibility index (Phi) is 6.40. The molecule has 2 aromatic carbocycles. The quantitative estimate of drug-likeness (QED) is 0.621. The summed E-state index contributed by atoms with van der Waals surface area (Å²) in [5.74, 6) is 2.49. The molecule has 0 amide bonds. The van der Waals surface area contributed by atoms with E-state index in [4.69, 9.17) is 19.7 Å². The minimum Gasteiger partial charge on any atom is -0.493 e. The molecule has 3 rings (SSSR count). The molecule has 0 atom stereocenters. The van der Waals surface area contributed by atoms with Crippen molar-refractivity contribution in [1.82, 2.24) is 15.0 Å². The van der Waals surface area contributed by atoms with Crippen LogP contribution in [0.15, 0.2) is 53.1 Å². The lowest BCUT2D eigenvalue weighted by Crippen LogP contribution is -2.18. The van der Waals surface area contributed by atoms with E-state index < -0.39 is 0 Å². The molecule has 0 fully saturated rings. The van der Waals surface area contributed by atoms with E-state index >= 15 is 0 Å². The summed E-state index contributed by atoms with van der Waals surface area (Å²) in [6, 6.07) is 16.0. The zero-order valence-corrected chi connectivity index (χ0v) is 15.6. The van der Waals surface area contributed by atoms with Crippen LogP contribution in [0, 0.1) is 0 Å². The van der Waals surface area contributed by atoms with Crippen molar-refractivity contribution in [2.45, 2.75) is 26.2 Å². The number of ether oxygens (including phenoxy) is 2. The molecule has 27 heavy (non-hydrogen) atoms. The Balaban J connectivity index is 1.60. The molecular weight excluding hydrogens is 344 g/mol. The predicted octanol–water partition coefficient (Wildman–Crippen LogP) is 2.75. The van der Waals surface area contributed by atoms with Gasteiger partial charge < -0.3 is 19.7 Å². The van der Waals surface area contributed by atoms with E-state index in [1.807, 2.05) is 55.6 Å². The second-order valence-corrected chi connectivity index (χ2v) is 6.24. The van der Waals surface area contributed by atoms with Crippen molar-refractivity contribution in [3.63, 3.8) is 0 Å². The SMILES string of the molecule is COc1cc(CN(C)Cc2noc(CN)n2)ccc1OCc1ccccc1. The molecule has 1 aromatic heterocycles. The second kappa shape index (κ2) is 9.16. The first kappa shape index (κ1) is 18.9. The molecule has 0 radical (unpaired) electrons. The van der Waals surface area contributed by atoms with E-state index in [0.717, 1.165) is 16.9 Å². The Bertz CT molecular complexity index is 851. The topological polar surface area (TPSA) is 86.6 Å². The molecule has 0 unspecified atom stereocenters. The summed E-state index contributed by atoms with van der Waals surface area (Å²) in [4.78, 5) is 6.31. The van der Waals surface area contributed by atoms with E-state index in [2.05, 4.69) is 15.0 Å². The maximum absolute atomic E-state index is 5.90. The Morgan fingerprint density at radius 2 is 1.85 bits per heavy atom. The van der Waals surface area contributed by atoms with Gasteiger partial charge in [-0.1, -0.05) is 41.6 Å². The summed E-state index contributed by atoms with van der Waals surface area (Å²) in [6.07, 6.45) is 0. The van der Waals surface area contributed by atoms with Gasteiger partial charge in [0, 0.05) is 6.54 Å². The highest BCUT2D eigenvalue weighted by molar-refractivity contribution is 5.43. The van der Waals surface area contributed by atoms with E-state index in [1.54, 1.807) is 7.11 Å². The van der Waals surface area contributed by atoms with E-state index in [1.165, 1.54) is 0 Å². The normalized spacial score (nSPS) is 11.0. The lowest BCUT2D eigenvalue weighted by molar-refractivity contribution is 0.281. The van der Waals surface area contributed by atoms with Crippen molar-refractivity contribution in [2.24, 2.45) is 5.73 Å². The van der Waals surface area contributed by atoms with Crippen LogP contribution in [0.4, 0.5) is 0 Å². The second-order valence-electron chi connectivity index (χ2n) is 6.24. The number of methoxy groups -OCH3 is 1. The maximum atomic E-state index is 5.90. The van der Waals surface area contributed by atoms with Gasteiger partial charge in [-0.25, -0.2) is 0 Å². The van der Waals surface area contributed by atoms with Gasteiger partial charge in [0.25, 0.3) is 0 Å². The van der Waals surface area contributed by atoms with E-state index in [9.17, 15) is 0 Å². The number of hydrogen-bond acceptors (Lipinski definition) is 7. The fourth-order valence-corrected chi connectivity index (χ4v) is 2.71. The zero-order valence-electron chi connectivity index (χ0n) is 15.6. The number of rotatable bonds is 9. The molecule has 1 heterocycles. The first-order chi connectivity index (χ1) is 13.2. The molecule has 142 valence electrons. The van der Waals surface area contributed by atoms with Crippen LogP contribution >= 0.6 is 0 Å². The molecule has 0 bridgehead atoms. The molecule has 0 aliphatic rings. The molecule has 0 aliphatic carbocycles. The largest absolute Gasteiger partial charge is 0.493 e. The Labute approximate surface area is 158 Å². The number of benzene rings is 2. The van der Waals surface area contributed by atoms with Gasteiger partial charge in [0.05, 0.1) is 20.2 Å². The Morgan fingerprint density at radius 3 is 2.56 bits per heavy atom. The van der Waals surface area contributed by atoms with Crippen molar-refractivity contribution in [3.05, 3.63) is 71.4 Å². The lowest BCUT2D eigenvalue weighted by atomic mass is 10.2. The third-order valence-corrected chi connectivity index (χ3v) is 4.01. The number of aromatic nitrogens is 2. The van der Waals surface area contributed by atoms with Crippen LogP contribution in [-0.4, -0.2) is 29.2 Å². The van der Waals surface area contributed by atoms with Crippen LogP contribution in [0.2, 0.25) is 0 Å². The Hall–Kier alpha value is -2.90. The van der Waals surface area contributed by atoms with Gasteiger partial charge >= 0.3 is 0 Å². The third-order valence-electron chi connectivity index (χ3n) is 4.01. The van der Waals surface area contributed by atoms with E-state index in [0.29, 0.717) is 37.2 Å². The molecule has 3 aromatic rings. The van der Waals surface area contributed by atoms with Crippen molar-refractivity contribution in [2.75, 3.05) is 14.2 Å². The number of nitrogens with zero attached hydrogens (tertiary/aromatic N) is 3. The first-order valence-electron chi connectivity index (χ1n) is 8.71. The minimum atomic E-state index is 0.248. The maximum Gasteiger partial charge on any atom is 0.240 e. The molecule has 7 nitrogen and oxygen atoms in total. The van der Waals surface area contributed by atoms with Gasteiger partial charge in [-0.15, -0.1) is 0 Å². The fourth-order valence-electron chi connectivity index (χ4n) is 2.71. The average molecular weight is 368 g/mol. The summed E-state index contributed by atoms with van der Waals surface area (Å²) < 4.78 is 16.4. The molecule has 2 N–H and O–H groups in total. The molecular formula is C20H24N4O3. The molecule has 0 saturated carbocycles. The standard InChI is InChI=1S/C20H24N4O3/c1-24(13-19-22-20(11-21)27-23-19)12-16-8-9-17(18(10-16)25-2)26-14-15-6-4-3-5-7-15/h3-10H,11-14,21H2,1-2H3. The van der Waals surface area contributed by atoms with Crippen LogP contribution in [-0.2, 0) is 26.2 Å². The third kappa shape index (κ3) is 5.29. The predicted molar refractivity (Wildman–Crippen MR) is 101 cm³/mol. The van der Waals surface area contributed by atoms with Crippen molar-refractivity contribution in [3.8, 4) is 11.5 Å². The van der Waals surface area contributed by atoms with Crippen LogP contribution in [0.25, 0.3) is 0 Å². The molecule has 0 saturated heterocycles. The molecule has 7 heteroatoms. The number of nitrogens with two attached hydrogens (primary N) is 1. The Morgan fingerprint density at radius 1 is 1.04 bits per heavy atom. The summed E-state index contributed by atoms with van der Waals surface area (Å²) in [6.45, 7) is 2.02. The van der Waals surface area contributed by atoms with Gasteiger partial charge in [-0.2, -0.15) is 4.98 Å². The fraction of sp³-hybridized carbons (Fsp3) is 0.300. The first-order valence-corrected chi connectivity index (χ1v) is 8.71. The summed E-state index contributed by atoms with van der Waals surface area (Å²) in [7, 11) is 3.64. The minimum absolute atomic E-state index is 0.248. The molecule has 0 spiro atoms. The van der Waals surface area contributed by atoms with Crippen LogP contribution in [0.5, 0.6) is 11.5 Å². The highest BCUT2D eigenvalue weighted by atomic mass is 16.5. The highest BCUT2D eigenvalue weighted by Crippen LogP contribution is 2.29. The summed E-state index contributed by atoms with van der Waals surface area (Å²) in [5, 5.41) is 3.92. The lowest BCUT2D eigenvalue weighted by Gasteiger charge is -2.16. The van der Waals surface area contributed by atoms with E-state index in [-0.39, 0.29) is 6.54 Å². The average Bonchev–Trinajstić information content (AvgIpc) is 3.15.